The summed E-state index contributed by atoms with van der Waals surface area (Å²) < 4.78 is 0. The molecule has 5 nitrogen and oxygen atoms in total. The number of nitrogens with zero attached hydrogens (tertiary/aromatic N) is 1. The van der Waals surface area contributed by atoms with E-state index in [0.717, 1.165) is 41.1 Å². The lowest BCUT2D eigenvalue weighted by Gasteiger charge is -2.20. The largest absolute Gasteiger partial charge is 0.326 e. The van der Waals surface area contributed by atoms with Crippen molar-refractivity contribution >= 4 is 34.0 Å². The van der Waals surface area contributed by atoms with Crippen molar-refractivity contribution in [3.63, 3.8) is 0 Å². The number of aromatic nitrogens is 1. The number of hydrogen-bond acceptors (Lipinski definition) is 4. The highest BCUT2D eigenvalue weighted by atomic mass is 32.1. The molecule has 2 N–H and O–H groups in total. The Morgan fingerprint density at radius 1 is 1.03 bits per heavy atom. The van der Waals surface area contributed by atoms with Crippen LogP contribution in [0.15, 0.2) is 48.5 Å². The van der Waals surface area contributed by atoms with Gasteiger partial charge in [-0.15, -0.1) is 11.3 Å². The molecule has 0 bridgehead atoms. The molecule has 0 radical (unpaired) electrons. The van der Waals surface area contributed by atoms with Crippen molar-refractivity contribution in [1.29, 1.82) is 0 Å². The van der Waals surface area contributed by atoms with E-state index in [4.69, 9.17) is 0 Å². The lowest BCUT2D eigenvalue weighted by molar-refractivity contribution is -0.117. The minimum atomic E-state index is -0.293. The molecule has 0 saturated heterocycles. The molecule has 1 aromatic heterocycles. The molecule has 4 rings (SSSR count). The smallest absolute Gasteiger partial charge is 0.257 e. The van der Waals surface area contributed by atoms with Gasteiger partial charge in [0, 0.05) is 16.1 Å². The van der Waals surface area contributed by atoms with Crippen LogP contribution in [0.5, 0.6) is 0 Å². The van der Waals surface area contributed by atoms with Gasteiger partial charge in [0.05, 0.1) is 11.6 Å². The Bertz CT molecular complexity index is 1060. The number of benzene rings is 2. The summed E-state index contributed by atoms with van der Waals surface area (Å²) in [7, 11) is 0. The second-order valence-electron chi connectivity index (χ2n) is 7.38. The molecule has 1 heterocycles. The molecule has 148 valence electrons. The Kier molecular flexibility index (Phi) is 5.45. The van der Waals surface area contributed by atoms with E-state index in [1.165, 1.54) is 16.9 Å². The van der Waals surface area contributed by atoms with Crippen LogP contribution >= 0.6 is 11.3 Å². The first-order chi connectivity index (χ1) is 14.0. The lowest BCUT2D eigenvalue weighted by Crippen LogP contribution is -2.24. The van der Waals surface area contributed by atoms with E-state index in [1.807, 2.05) is 43.3 Å². The van der Waals surface area contributed by atoms with Crippen molar-refractivity contribution < 1.29 is 9.59 Å². The minimum absolute atomic E-state index is 0.0413. The first-order valence-electron chi connectivity index (χ1n) is 9.75. The first kappa shape index (κ1) is 19.3. The molecule has 6 heteroatoms. The molecular formula is C23H23N3O2S. The van der Waals surface area contributed by atoms with Gasteiger partial charge in [0.15, 0.2) is 5.13 Å². The van der Waals surface area contributed by atoms with Gasteiger partial charge < -0.3 is 5.32 Å². The van der Waals surface area contributed by atoms with E-state index >= 15 is 0 Å². The van der Waals surface area contributed by atoms with Gasteiger partial charge in [-0.1, -0.05) is 24.3 Å². The molecule has 0 aliphatic heterocycles. The number of hydrogen-bond donors (Lipinski definition) is 2. The first-order valence-corrected chi connectivity index (χ1v) is 10.6. The fourth-order valence-corrected chi connectivity index (χ4v) is 4.59. The summed E-state index contributed by atoms with van der Waals surface area (Å²) in [6.07, 6.45) is 2.59. The summed E-state index contributed by atoms with van der Waals surface area (Å²) in [5.74, 6) is -0.521. The topological polar surface area (TPSA) is 71.1 Å². The Balaban J connectivity index is 1.51. The Labute approximate surface area is 174 Å². The molecule has 0 unspecified atom stereocenters. The number of aryl methyl sites for hydroxylation is 3. The van der Waals surface area contributed by atoms with E-state index in [-0.39, 0.29) is 17.7 Å². The van der Waals surface area contributed by atoms with E-state index in [0.29, 0.717) is 10.7 Å². The summed E-state index contributed by atoms with van der Waals surface area (Å²) in [6.45, 7) is 4.08. The molecule has 3 aromatic rings. The number of anilines is 2. The van der Waals surface area contributed by atoms with Crippen LogP contribution in [0.1, 0.15) is 50.8 Å². The fourth-order valence-electron chi connectivity index (χ4n) is 3.53. The SMILES string of the molecule is Cc1ccc(NC(=O)[C@H]2CCCc3sc(NC(=O)c4ccccc4)nc32)cc1C. The number of thiazole rings is 1. The Morgan fingerprint density at radius 3 is 2.59 bits per heavy atom. The van der Waals surface area contributed by atoms with Crippen molar-refractivity contribution in [1.82, 2.24) is 4.98 Å². The van der Waals surface area contributed by atoms with Crippen LogP contribution in [0.4, 0.5) is 10.8 Å². The quantitative estimate of drug-likeness (QED) is 0.636. The average Bonchev–Trinajstić information content (AvgIpc) is 3.13. The maximum Gasteiger partial charge on any atom is 0.257 e. The van der Waals surface area contributed by atoms with Crippen molar-refractivity contribution in [2.75, 3.05) is 10.6 Å². The van der Waals surface area contributed by atoms with Crippen LogP contribution in [0.3, 0.4) is 0 Å². The normalized spacial score (nSPS) is 15.4. The third kappa shape index (κ3) is 4.22. The Hall–Kier alpha value is -2.99. The highest BCUT2D eigenvalue weighted by Gasteiger charge is 2.30. The standard InChI is InChI=1S/C23H23N3O2S/c1-14-11-12-17(13-15(14)2)24-22(28)18-9-6-10-19-20(18)25-23(29-19)26-21(27)16-7-4-3-5-8-16/h3-5,7-8,11-13,18H,6,9-10H2,1-2H3,(H,24,28)(H,25,26,27)/t18-/m0/s1. The summed E-state index contributed by atoms with van der Waals surface area (Å²) in [4.78, 5) is 31.1. The maximum absolute atomic E-state index is 12.9. The number of carbonyl (C=O) groups is 2. The predicted molar refractivity (Wildman–Crippen MR) is 117 cm³/mol. The minimum Gasteiger partial charge on any atom is -0.326 e. The second-order valence-corrected chi connectivity index (χ2v) is 8.46. The maximum atomic E-state index is 12.9. The molecule has 1 aliphatic rings. The predicted octanol–water partition coefficient (Wildman–Crippen LogP) is 5.07. The zero-order valence-electron chi connectivity index (χ0n) is 16.5. The number of nitrogens with one attached hydrogen (secondary N) is 2. The van der Waals surface area contributed by atoms with Gasteiger partial charge in [-0.3, -0.25) is 14.9 Å². The van der Waals surface area contributed by atoms with Gasteiger partial charge >= 0.3 is 0 Å². The zero-order valence-corrected chi connectivity index (χ0v) is 17.3. The van der Waals surface area contributed by atoms with Crippen LogP contribution in [0, 0.1) is 13.8 Å². The highest BCUT2D eigenvalue weighted by molar-refractivity contribution is 7.16. The van der Waals surface area contributed by atoms with Crippen molar-refractivity contribution in [2.45, 2.75) is 39.0 Å². The van der Waals surface area contributed by atoms with Gasteiger partial charge in [-0.05, 0) is 68.5 Å². The summed E-state index contributed by atoms with van der Waals surface area (Å²) in [5.41, 5.74) is 4.53. The van der Waals surface area contributed by atoms with E-state index in [9.17, 15) is 9.59 Å². The van der Waals surface area contributed by atoms with Crippen LogP contribution in [-0.4, -0.2) is 16.8 Å². The number of carbonyl (C=O) groups excluding carboxylic acids is 2. The van der Waals surface area contributed by atoms with Crippen LogP contribution in [0.25, 0.3) is 0 Å². The van der Waals surface area contributed by atoms with Crippen molar-refractivity contribution in [2.24, 2.45) is 0 Å². The number of rotatable bonds is 4. The molecule has 0 spiro atoms. The average molecular weight is 406 g/mol. The number of fused-ring (bicyclic) bond motifs is 1. The number of amides is 2. The van der Waals surface area contributed by atoms with Crippen LogP contribution < -0.4 is 10.6 Å². The molecule has 2 amide bonds. The molecule has 1 aliphatic carbocycles. The van der Waals surface area contributed by atoms with E-state index in [2.05, 4.69) is 22.5 Å². The fraction of sp³-hybridized carbons (Fsp3) is 0.261. The summed E-state index contributed by atoms with van der Waals surface area (Å²) >= 11 is 1.47. The molecule has 0 fully saturated rings. The van der Waals surface area contributed by atoms with E-state index < -0.39 is 0 Å². The van der Waals surface area contributed by atoms with Crippen LogP contribution in [-0.2, 0) is 11.2 Å². The zero-order chi connectivity index (χ0) is 20.4. The second kappa shape index (κ2) is 8.17. The summed E-state index contributed by atoms with van der Waals surface area (Å²) in [5, 5.41) is 6.46. The van der Waals surface area contributed by atoms with Gasteiger partial charge in [-0.25, -0.2) is 4.98 Å². The van der Waals surface area contributed by atoms with Gasteiger partial charge in [0.2, 0.25) is 5.91 Å². The van der Waals surface area contributed by atoms with Crippen molar-refractivity contribution in [3.05, 3.63) is 75.8 Å². The van der Waals surface area contributed by atoms with Gasteiger partial charge in [-0.2, -0.15) is 0 Å². The third-order valence-corrected chi connectivity index (χ3v) is 6.35. The molecular weight excluding hydrogens is 382 g/mol. The lowest BCUT2D eigenvalue weighted by atomic mass is 9.90. The molecule has 1 atom stereocenters. The Morgan fingerprint density at radius 2 is 1.83 bits per heavy atom. The van der Waals surface area contributed by atoms with Gasteiger partial charge in [0.25, 0.3) is 5.91 Å². The van der Waals surface area contributed by atoms with Crippen molar-refractivity contribution in [3.8, 4) is 0 Å². The molecule has 2 aromatic carbocycles. The van der Waals surface area contributed by atoms with E-state index in [1.54, 1.807) is 12.1 Å². The molecule has 29 heavy (non-hydrogen) atoms. The summed E-state index contributed by atoms with van der Waals surface area (Å²) in [6, 6.07) is 15.0. The van der Waals surface area contributed by atoms with Crippen LogP contribution in [0.2, 0.25) is 0 Å². The monoisotopic (exact) mass is 405 g/mol. The third-order valence-electron chi connectivity index (χ3n) is 5.30. The highest BCUT2D eigenvalue weighted by Crippen LogP contribution is 2.37. The van der Waals surface area contributed by atoms with Gasteiger partial charge in [0.1, 0.15) is 0 Å². The molecule has 0 saturated carbocycles.